The molecule has 24 heavy (non-hydrogen) atoms. The number of benzene rings is 1. The average Bonchev–Trinajstić information content (AvgIpc) is 2.54. The van der Waals surface area contributed by atoms with Crippen LogP contribution in [0.5, 0.6) is 0 Å². The third-order valence-electron chi connectivity index (χ3n) is 4.03. The van der Waals surface area contributed by atoms with Crippen LogP contribution in [-0.2, 0) is 0 Å². The van der Waals surface area contributed by atoms with E-state index in [9.17, 15) is 18.7 Å². The highest BCUT2D eigenvalue weighted by Crippen LogP contribution is 2.17. The van der Waals surface area contributed by atoms with Crippen LogP contribution < -0.4 is 5.32 Å². The highest BCUT2D eigenvalue weighted by Gasteiger charge is 2.28. The molecule has 1 aromatic carbocycles. The topological polar surface area (TPSA) is 81.6 Å². The van der Waals surface area contributed by atoms with E-state index in [0.29, 0.717) is 32.0 Å². The lowest BCUT2D eigenvalue weighted by Gasteiger charge is -2.38. The smallest absolute Gasteiger partial charge is 0.407 e. The molecule has 1 aromatic heterocycles. The van der Waals surface area contributed by atoms with Gasteiger partial charge in [-0.25, -0.2) is 18.6 Å². The number of piperazine rings is 1. The van der Waals surface area contributed by atoms with Crippen LogP contribution in [0.3, 0.4) is 0 Å². The second kappa shape index (κ2) is 6.52. The fourth-order valence-corrected chi connectivity index (χ4v) is 2.75. The Hall–Kier alpha value is -2.55. The van der Waals surface area contributed by atoms with Gasteiger partial charge in [0.05, 0.1) is 23.3 Å². The van der Waals surface area contributed by atoms with Gasteiger partial charge in [-0.15, -0.1) is 0 Å². The molecule has 0 bridgehead atoms. The number of anilines is 1. The molecule has 7 nitrogen and oxygen atoms in total. The van der Waals surface area contributed by atoms with Crippen molar-refractivity contribution < 1.29 is 18.7 Å². The van der Waals surface area contributed by atoms with Gasteiger partial charge in [-0.3, -0.25) is 4.98 Å². The summed E-state index contributed by atoms with van der Waals surface area (Å²) < 4.78 is 26.5. The lowest BCUT2D eigenvalue weighted by Crippen LogP contribution is -2.56. The van der Waals surface area contributed by atoms with E-state index >= 15 is 0 Å². The van der Waals surface area contributed by atoms with E-state index in [0.717, 1.165) is 12.1 Å². The molecule has 2 aromatic rings. The van der Waals surface area contributed by atoms with Gasteiger partial charge in [0, 0.05) is 38.3 Å². The molecule has 2 N–H and O–H groups in total. The van der Waals surface area contributed by atoms with Crippen LogP contribution in [0.2, 0.25) is 0 Å². The van der Waals surface area contributed by atoms with Gasteiger partial charge in [0.25, 0.3) is 0 Å². The van der Waals surface area contributed by atoms with Crippen molar-refractivity contribution in [1.29, 1.82) is 0 Å². The summed E-state index contributed by atoms with van der Waals surface area (Å²) in [4.78, 5) is 23.0. The Kier molecular flexibility index (Phi) is 4.43. The first-order valence-corrected chi connectivity index (χ1v) is 7.48. The number of rotatable bonds is 3. The van der Waals surface area contributed by atoms with Crippen molar-refractivity contribution in [2.24, 2.45) is 0 Å². The molecular formula is C15H17F2N5O2. The molecule has 0 radical (unpaired) electrons. The third-order valence-corrected chi connectivity index (χ3v) is 4.03. The van der Waals surface area contributed by atoms with E-state index < -0.39 is 17.7 Å². The summed E-state index contributed by atoms with van der Waals surface area (Å²) in [6.07, 6.45) is 0.453. The Labute approximate surface area is 136 Å². The first-order chi connectivity index (χ1) is 11.4. The van der Waals surface area contributed by atoms with Gasteiger partial charge in [-0.2, -0.15) is 0 Å². The molecule has 1 saturated heterocycles. The summed E-state index contributed by atoms with van der Waals surface area (Å²) in [6.45, 7) is 2.07. The fraction of sp³-hybridized carbons (Fsp3) is 0.400. The molecule has 0 saturated carbocycles. The Morgan fingerprint density at radius 2 is 2.04 bits per heavy atom. The zero-order valence-corrected chi connectivity index (χ0v) is 13.0. The van der Waals surface area contributed by atoms with Gasteiger partial charge in [0.1, 0.15) is 5.82 Å². The molecule has 0 spiro atoms. The number of nitrogens with zero attached hydrogens (tertiary/aromatic N) is 4. The molecule has 1 amide bonds. The van der Waals surface area contributed by atoms with Crippen molar-refractivity contribution in [2.45, 2.75) is 6.04 Å². The van der Waals surface area contributed by atoms with Crippen molar-refractivity contribution in [3.8, 4) is 0 Å². The number of halogens is 2. The van der Waals surface area contributed by atoms with Gasteiger partial charge in [0.15, 0.2) is 11.6 Å². The standard InChI is InChI=1S/C15H17F2N5O2/c1-21-2-3-22(15(23)24)9(8-21)6-19-14-7-18-12-4-10(16)11(17)5-13(12)20-14/h4-5,7,9H,2-3,6,8H2,1H3,(H,19,20)(H,23,24). The number of fused-ring (bicyclic) bond motifs is 1. The van der Waals surface area contributed by atoms with E-state index in [2.05, 4.69) is 20.2 Å². The van der Waals surface area contributed by atoms with Gasteiger partial charge in [0.2, 0.25) is 0 Å². The van der Waals surface area contributed by atoms with Crippen LogP contribution in [0.4, 0.5) is 19.4 Å². The second-order valence-electron chi connectivity index (χ2n) is 5.78. The number of amides is 1. The van der Waals surface area contributed by atoms with Crippen LogP contribution in [0.15, 0.2) is 18.3 Å². The number of carbonyl (C=O) groups is 1. The number of aromatic nitrogens is 2. The fourth-order valence-electron chi connectivity index (χ4n) is 2.75. The summed E-state index contributed by atoms with van der Waals surface area (Å²) in [5.74, 6) is -1.58. The molecule has 0 aliphatic carbocycles. The minimum absolute atomic E-state index is 0.231. The molecule has 1 fully saturated rings. The summed E-state index contributed by atoms with van der Waals surface area (Å²) in [6, 6.07) is 1.74. The Morgan fingerprint density at radius 1 is 1.33 bits per heavy atom. The summed E-state index contributed by atoms with van der Waals surface area (Å²) in [5, 5.41) is 12.3. The van der Waals surface area contributed by atoms with Crippen LogP contribution in [0.1, 0.15) is 0 Å². The van der Waals surface area contributed by atoms with E-state index in [1.165, 1.54) is 11.1 Å². The van der Waals surface area contributed by atoms with Crippen molar-refractivity contribution in [3.63, 3.8) is 0 Å². The number of hydrogen-bond donors (Lipinski definition) is 2. The predicted molar refractivity (Wildman–Crippen MR) is 84.0 cm³/mol. The summed E-state index contributed by atoms with van der Waals surface area (Å²) in [5.41, 5.74) is 0.485. The normalized spacial score (nSPS) is 18.8. The van der Waals surface area contributed by atoms with Crippen LogP contribution in [0, 0.1) is 11.6 Å². The lowest BCUT2D eigenvalue weighted by atomic mass is 10.2. The van der Waals surface area contributed by atoms with Gasteiger partial charge in [-0.1, -0.05) is 0 Å². The number of carboxylic acid groups (broad SMARTS) is 1. The van der Waals surface area contributed by atoms with E-state index in [4.69, 9.17) is 0 Å². The molecule has 1 aliphatic heterocycles. The van der Waals surface area contributed by atoms with Crippen LogP contribution in [-0.4, -0.2) is 70.2 Å². The Balaban J connectivity index is 1.74. The maximum absolute atomic E-state index is 13.3. The summed E-state index contributed by atoms with van der Waals surface area (Å²) >= 11 is 0. The van der Waals surface area contributed by atoms with Crippen molar-refractivity contribution in [3.05, 3.63) is 30.0 Å². The monoisotopic (exact) mass is 337 g/mol. The third kappa shape index (κ3) is 3.35. The molecule has 1 aliphatic rings. The minimum atomic E-state index is -0.986. The Bertz CT molecular complexity index is 773. The van der Waals surface area contributed by atoms with Crippen molar-refractivity contribution in [1.82, 2.24) is 19.8 Å². The highest BCUT2D eigenvalue weighted by atomic mass is 19.2. The average molecular weight is 337 g/mol. The maximum Gasteiger partial charge on any atom is 0.407 e. The number of likely N-dealkylation sites (N-methyl/N-ethyl adjacent to an activating group) is 1. The molecular weight excluding hydrogens is 320 g/mol. The minimum Gasteiger partial charge on any atom is -0.465 e. The van der Waals surface area contributed by atoms with Gasteiger partial charge >= 0.3 is 6.09 Å². The van der Waals surface area contributed by atoms with Crippen molar-refractivity contribution >= 4 is 22.9 Å². The SMILES string of the molecule is CN1CCN(C(=O)O)C(CNc2cnc3cc(F)c(F)cc3n2)C1. The highest BCUT2D eigenvalue weighted by molar-refractivity contribution is 5.75. The van der Waals surface area contributed by atoms with Gasteiger partial charge in [-0.05, 0) is 7.05 Å². The molecule has 2 heterocycles. The van der Waals surface area contributed by atoms with Crippen molar-refractivity contribution in [2.75, 3.05) is 38.5 Å². The van der Waals surface area contributed by atoms with E-state index in [1.807, 2.05) is 7.05 Å². The summed E-state index contributed by atoms with van der Waals surface area (Å²) in [7, 11) is 1.93. The first kappa shape index (κ1) is 16.3. The maximum atomic E-state index is 13.3. The zero-order valence-electron chi connectivity index (χ0n) is 13.0. The second-order valence-corrected chi connectivity index (χ2v) is 5.78. The Morgan fingerprint density at radius 3 is 2.75 bits per heavy atom. The molecule has 1 atom stereocenters. The largest absolute Gasteiger partial charge is 0.465 e. The zero-order chi connectivity index (χ0) is 17.3. The lowest BCUT2D eigenvalue weighted by molar-refractivity contribution is 0.0822. The van der Waals surface area contributed by atoms with Gasteiger partial charge < -0.3 is 20.2 Å². The molecule has 128 valence electrons. The van der Waals surface area contributed by atoms with Crippen LogP contribution >= 0.6 is 0 Å². The van der Waals surface area contributed by atoms with Crippen LogP contribution in [0.25, 0.3) is 11.0 Å². The predicted octanol–water partition coefficient (Wildman–Crippen LogP) is 1.61. The molecule has 3 rings (SSSR count). The molecule has 9 heteroatoms. The van der Waals surface area contributed by atoms with E-state index in [-0.39, 0.29) is 17.1 Å². The quantitative estimate of drug-likeness (QED) is 0.886. The first-order valence-electron chi connectivity index (χ1n) is 7.48. The molecule has 1 unspecified atom stereocenters. The number of hydrogen-bond acceptors (Lipinski definition) is 5. The number of nitrogens with one attached hydrogen (secondary N) is 1. The van der Waals surface area contributed by atoms with E-state index in [1.54, 1.807) is 0 Å².